The average Bonchev–Trinajstić information content (AvgIpc) is 2.39. The summed E-state index contributed by atoms with van der Waals surface area (Å²) >= 11 is 0. The predicted octanol–water partition coefficient (Wildman–Crippen LogP) is 0.116. The number of amides is 1. The molecule has 0 aromatic heterocycles. The van der Waals surface area contributed by atoms with E-state index in [9.17, 15) is 13.2 Å². The van der Waals surface area contributed by atoms with Crippen LogP contribution in [-0.4, -0.2) is 40.6 Å². The number of benzene rings is 1. The van der Waals surface area contributed by atoms with Crippen molar-refractivity contribution < 1.29 is 17.9 Å². The molecule has 1 aromatic carbocycles. The highest BCUT2D eigenvalue weighted by molar-refractivity contribution is 7.89. The first kappa shape index (κ1) is 15.6. The van der Waals surface area contributed by atoms with Crippen molar-refractivity contribution >= 4 is 15.9 Å². The molecule has 1 aromatic rings. The molecule has 0 aliphatic carbocycles. The number of carbonyl (C=O) groups is 1. The lowest BCUT2D eigenvalue weighted by atomic mass is 10.3. The number of ether oxygens (including phenoxy) is 1. The fourth-order valence-corrected chi connectivity index (χ4v) is 2.61. The number of methoxy groups -OCH3 is 1. The van der Waals surface area contributed by atoms with E-state index in [1.807, 2.05) is 0 Å². The van der Waals surface area contributed by atoms with Gasteiger partial charge in [-0.05, 0) is 19.1 Å². The Bertz CT molecular complexity index is 502. The molecule has 1 amide bonds. The normalized spacial score (nSPS) is 12.9. The SMILES string of the molecule is COCCNC(=O)[C@H](C)NS(=O)(=O)c1ccccc1. The molecule has 7 heteroatoms. The first-order chi connectivity index (χ1) is 8.97. The Kier molecular flexibility index (Phi) is 5.94. The molecule has 0 spiro atoms. The van der Waals surface area contributed by atoms with Crippen molar-refractivity contribution in [1.82, 2.24) is 10.0 Å². The van der Waals surface area contributed by atoms with Crippen molar-refractivity contribution in [2.75, 3.05) is 20.3 Å². The highest BCUT2D eigenvalue weighted by Gasteiger charge is 2.21. The molecule has 0 saturated carbocycles. The second-order valence-electron chi connectivity index (χ2n) is 3.94. The highest BCUT2D eigenvalue weighted by atomic mass is 32.2. The largest absolute Gasteiger partial charge is 0.383 e. The molecule has 0 saturated heterocycles. The van der Waals surface area contributed by atoms with Crippen molar-refractivity contribution in [2.45, 2.75) is 17.9 Å². The van der Waals surface area contributed by atoms with Crippen molar-refractivity contribution in [3.05, 3.63) is 30.3 Å². The van der Waals surface area contributed by atoms with Crippen LogP contribution < -0.4 is 10.0 Å². The summed E-state index contributed by atoms with van der Waals surface area (Å²) in [6.45, 7) is 2.21. The maximum Gasteiger partial charge on any atom is 0.241 e. The molecule has 0 bridgehead atoms. The van der Waals surface area contributed by atoms with Gasteiger partial charge >= 0.3 is 0 Å². The van der Waals surface area contributed by atoms with E-state index >= 15 is 0 Å². The van der Waals surface area contributed by atoms with Gasteiger partial charge < -0.3 is 10.1 Å². The van der Waals surface area contributed by atoms with Gasteiger partial charge in [-0.25, -0.2) is 8.42 Å². The molecule has 2 N–H and O–H groups in total. The van der Waals surface area contributed by atoms with Gasteiger partial charge in [0.25, 0.3) is 0 Å². The molecule has 0 fully saturated rings. The molecule has 0 radical (unpaired) electrons. The topological polar surface area (TPSA) is 84.5 Å². The van der Waals surface area contributed by atoms with E-state index in [-0.39, 0.29) is 4.90 Å². The maximum absolute atomic E-state index is 12.0. The first-order valence-corrected chi connectivity index (χ1v) is 7.29. The number of carbonyl (C=O) groups excluding carboxylic acids is 1. The summed E-state index contributed by atoms with van der Waals surface area (Å²) in [7, 11) is -2.16. The lowest BCUT2D eigenvalue weighted by molar-refractivity contribution is -0.122. The monoisotopic (exact) mass is 286 g/mol. The minimum Gasteiger partial charge on any atom is -0.383 e. The molecule has 0 aliphatic heterocycles. The Morgan fingerprint density at radius 2 is 1.95 bits per heavy atom. The van der Waals surface area contributed by atoms with E-state index < -0.39 is 22.0 Å². The van der Waals surface area contributed by atoms with Gasteiger partial charge in [-0.3, -0.25) is 4.79 Å². The van der Waals surface area contributed by atoms with Crippen LogP contribution in [0.2, 0.25) is 0 Å². The smallest absolute Gasteiger partial charge is 0.241 e. The summed E-state index contributed by atoms with van der Waals surface area (Å²) in [5, 5.41) is 2.57. The molecule has 1 rings (SSSR count). The molecule has 0 heterocycles. The van der Waals surface area contributed by atoms with E-state index in [0.717, 1.165) is 0 Å². The van der Waals surface area contributed by atoms with Crippen molar-refractivity contribution in [1.29, 1.82) is 0 Å². The fraction of sp³-hybridized carbons (Fsp3) is 0.417. The Balaban J connectivity index is 2.61. The summed E-state index contributed by atoms with van der Waals surface area (Å²) in [5.41, 5.74) is 0. The first-order valence-electron chi connectivity index (χ1n) is 5.81. The highest BCUT2D eigenvalue weighted by Crippen LogP contribution is 2.07. The summed E-state index contributed by atoms with van der Waals surface area (Å²) in [6.07, 6.45) is 0. The summed E-state index contributed by atoms with van der Waals surface area (Å²) in [4.78, 5) is 11.8. The number of hydrogen-bond donors (Lipinski definition) is 2. The van der Waals surface area contributed by atoms with Crippen LogP contribution in [0, 0.1) is 0 Å². The van der Waals surface area contributed by atoms with Gasteiger partial charge in [-0.2, -0.15) is 4.72 Å². The minimum absolute atomic E-state index is 0.131. The molecule has 0 aliphatic rings. The third-order valence-corrected chi connectivity index (χ3v) is 3.94. The summed E-state index contributed by atoms with van der Waals surface area (Å²) in [6, 6.07) is 7.06. The van der Waals surface area contributed by atoms with E-state index in [4.69, 9.17) is 4.74 Å². The second-order valence-corrected chi connectivity index (χ2v) is 5.65. The van der Waals surface area contributed by atoms with E-state index in [1.165, 1.54) is 26.2 Å². The zero-order valence-electron chi connectivity index (χ0n) is 10.9. The van der Waals surface area contributed by atoms with Crippen LogP contribution in [0.1, 0.15) is 6.92 Å². The van der Waals surface area contributed by atoms with Crippen molar-refractivity contribution in [3.63, 3.8) is 0 Å². The van der Waals surface area contributed by atoms with E-state index in [1.54, 1.807) is 18.2 Å². The van der Waals surface area contributed by atoms with E-state index in [0.29, 0.717) is 13.2 Å². The quantitative estimate of drug-likeness (QED) is 0.697. The molecule has 6 nitrogen and oxygen atoms in total. The molecule has 19 heavy (non-hydrogen) atoms. The number of nitrogens with one attached hydrogen (secondary N) is 2. The molecule has 0 unspecified atom stereocenters. The standard InChI is InChI=1S/C12H18N2O4S/c1-10(12(15)13-8-9-18-2)14-19(16,17)11-6-4-3-5-7-11/h3-7,10,14H,8-9H2,1-2H3,(H,13,15)/t10-/m0/s1. The summed E-state index contributed by atoms with van der Waals surface area (Å²) in [5.74, 6) is -0.392. The van der Waals surface area contributed by atoms with Crippen LogP contribution in [0.3, 0.4) is 0 Å². The van der Waals surface area contributed by atoms with E-state index in [2.05, 4.69) is 10.0 Å². The Labute approximate surface area is 113 Å². The fourth-order valence-electron chi connectivity index (χ4n) is 1.38. The van der Waals surface area contributed by atoms with Gasteiger partial charge in [0.1, 0.15) is 0 Å². The number of hydrogen-bond acceptors (Lipinski definition) is 4. The van der Waals surface area contributed by atoms with Crippen LogP contribution >= 0.6 is 0 Å². The Morgan fingerprint density at radius 3 is 2.53 bits per heavy atom. The third-order valence-electron chi connectivity index (χ3n) is 2.38. The average molecular weight is 286 g/mol. The van der Waals surface area contributed by atoms with Crippen LogP contribution in [0.4, 0.5) is 0 Å². The lowest BCUT2D eigenvalue weighted by Gasteiger charge is -2.14. The third kappa shape index (κ3) is 4.98. The van der Waals surface area contributed by atoms with Crippen molar-refractivity contribution in [3.8, 4) is 0 Å². The van der Waals surface area contributed by atoms with Crippen LogP contribution in [0.5, 0.6) is 0 Å². The van der Waals surface area contributed by atoms with Crippen LogP contribution in [0.25, 0.3) is 0 Å². The zero-order valence-corrected chi connectivity index (χ0v) is 11.7. The van der Waals surface area contributed by atoms with Gasteiger partial charge in [0.05, 0.1) is 17.5 Å². The van der Waals surface area contributed by atoms with Crippen molar-refractivity contribution in [2.24, 2.45) is 0 Å². The number of sulfonamides is 1. The Morgan fingerprint density at radius 1 is 1.32 bits per heavy atom. The van der Waals surface area contributed by atoms with Crippen LogP contribution in [0.15, 0.2) is 35.2 Å². The maximum atomic E-state index is 12.0. The van der Waals surface area contributed by atoms with Gasteiger partial charge in [0.2, 0.25) is 15.9 Å². The van der Waals surface area contributed by atoms with Gasteiger partial charge in [-0.15, -0.1) is 0 Å². The Hall–Kier alpha value is -1.44. The lowest BCUT2D eigenvalue weighted by Crippen LogP contribution is -2.45. The predicted molar refractivity (Wildman–Crippen MR) is 71.1 cm³/mol. The summed E-state index contributed by atoms with van der Waals surface area (Å²) < 4.78 is 31.0. The molecular formula is C12H18N2O4S. The number of rotatable bonds is 7. The zero-order chi connectivity index (χ0) is 14.3. The minimum atomic E-state index is -3.68. The van der Waals surface area contributed by atoms with Gasteiger partial charge in [0, 0.05) is 13.7 Å². The van der Waals surface area contributed by atoms with Crippen LogP contribution in [-0.2, 0) is 19.6 Å². The van der Waals surface area contributed by atoms with Gasteiger partial charge in [0.15, 0.2) is 0 Å². The second kappa shape index (κ2) is 7.22. The van der Waals surface area contributed by atoms with Gasteiger partial charge in [-0.1, -0.05) is 18.2 Å². The molecular weight excluding hydrogens is 268 g/mol. The molecule has 106 valence electrons. The molecule has 1 atom stereocenters.